The molecule has 136 heavy (non-hydrogen) atoms. The Kier molecular flexibility index (Phi) is 30.1. The number of methoxy groups -OCH3 is 1. The summed E-state index contributed by atoms with van der Waals surface area (Å²) in [5, 5.41) is 37.6. The van der Waals surface area contributed by atoms with Crippen LogP contribution in [0.3, 0.4) is 0 Å². The third-order valence-electron chi connectivity index (χ3n) is 23.5. The number of nitriles is 2. The number of phenolic OH excluding ortho intramolecular Hbond substituents is 1. The molecule has 0 aliphatic heterocycles. The van der Waals surface area contributed by atoms with Crippen LogP contribution in [0.1, 0.15) is 71.6 Å². The van der Waals surface area contributed by atoms with Crippen LogP contribution in [0.15, 0.2) is 421 Å². The van der Waals surface area contributed by atoms with E-state index < -0.39 is 5.97 Å². The number of imidazole rings is 7. The maximum absolute atomic E-state index is 11.6. The number of aromatic nitrogens is 14. The molecule has 20 heteroatoms. The first-order valence-electron chi connectivity index (χ1n) is 43.7. The molecule has 0 saturated heterocycles. The molecular formula is C116H102N16O4. The zero-order chi connectivity index (χ0) is 90.6. The Morgan fingerprint density at radius 3 is 1.03 bits per heavy atom. The molecule has 7 heterocycles. The van der Waals surface area contributed by atoms with E-state index in [-0.39, 0.29) is 27.8 Å². The molecule has 0 aliphatic rings. The Morgan fingerprint density at radius 2 is 0.654 bits per heavy atom. The van der Waals surface area contributed by atoms with Gasteiger partial charge < -0.3 is 46.9 Å². The minimum atomic E-state index is -0.965. The smallest absolute Gasteiger partial charge is 0.337 e. The highest BCUT2D eigenvalue weighted by atomic mass is 16.5. The van der Waals surface area contributed by atoms with Crippen LogP contribution in [-0.2, 0) is 52.0 Å². The number of nitrogens with zero attached hydrogens (tertiary/aromatic N) is 16. The molecule has 0 unspecified atom stereocenters. The van der Waals surface area contributed by atoms with Crippen LogP contribution < -0.4 is 4.74 Å². The van der Waals surface area contributed by atoms with Crippen molar-refractivity contribution < 1.29 is 19.7 Å². The van der Waals surface area contributed by atoms with Gasteiger partial charge in [0.25, 0.3) is 0 Å². The molecule has 0 amide bonds. The quantitative estimate of drug-likeness (QED) is 0.0643. The van der Waals surface area contributed by atoms with E-state index in [1.54, 1.807) is 61.1 Å². The number of hydrogen-bond donors (Lipinski definition) is 2. The maximum Gasteiger partial charge on any atom is 0.337 e. The number of aromatic hydroxyl groups is 1. The average Bonchev–Trinajstić information content (AvgIpc) is 1.05. The van der Waals surface area contributed by atoms with E-state index in [1.165, 1.54) is 55.5 Å². The number of aryl methyl sites for hydroxylation is 6. The minimum absolute atomic E-state index is 0. The number of para-hydroxylation sites is 10. The monoisotopic (exact) mass is 1780 g/mol. The highest BCUT2D eigenvalue weighted by molar-refractivity contribution is 5.93. The Labute approximate surface area is 790 Å². The lowest BCUT2D eigenvalue weighted by atomic mass is 10.0. The number of hydrogen-bond acceptors (Lipinski definition) is 12. The Hall–Kier alpha value is -17.9. The van der Waals surface area contributed by atoms with E-state index in [0.717, 1.165) is 147 Å². The Bertz CT molecular complexity index is 7810. The summed E-state index contributed by atoms with van der Waals surface area (Å²) in [5.74, 6) is 0.213. The molecule has 22 aromatic rings. The molecule has 0 fully saturated rings. The SMILES string of the molecule is C.C.C.COc1cccc(-c2ccc(CCn3cnc4ccccc43)cc2)c1.N#Cc1ccc(-c2ccc(Cn3cnc4ccccc43)cc2)cc1-n1ccnc1.N#Cc1cccc(-c2ccc(CCn3cnc4ccccc43)cc2)c1.O=C(O)c1ccc(-c2ccc(Cn3cnc4ccccc43)cc2)cc1-n1ccnc1.Oc1cccc(-c2ccc(CCn3cnc4ccccc43)cc2)c1. The molecule has 0 atom stereocenters. The fourth-order valence-corrected chi connectivity index (χ4v) is 16.4. The number of ether oxygens (including phenoxy) is 1. The summed E-state index contributed by atoms with van der Waals surface area (Å²) in [6, 6.07) is 122. The van der Waals surface area contributed by atoms with Crippen LogP contribution in [0.25, 0.3) is 122 Å². The summed E-state index contributed by atoms with van der Waals surface area (Å²) >= 11 is 0. The number of phenols is 1. The van der Waals surface area contributed by atoms with Gasteiger partial charge in [0.1, 0.15) is 17.6 Å². The van der Waals surface area contributed by atoms with E-state index in [9.17, 15) is 20.3 Å². The summed E-state index contributed by atoms with van der Waals surface area (Å²) in [5.41, 5.74) is 31.0. The number of benzene rings is 15. The van der Waals surface area contributed by atoms with Crippen molar-refractivity contribution in [3.05, 3.63) is 465 Å². The van der Waals surface area contributed by atoms with Crippen LogP contribution in [0.4, 0.5) is 0 Å². The molecule has 0 radical (unpaired) electrons. The van der Waals surface area contributed by atoms with E-state index in [4.69, 9.17) is 10.00 Å². The second kappa shape index (κ2) is 44.2. The predicted octanol–water partition coefficient (Wildman–Crippen LogP) is 25.8. The third kappa shape index (κ3) is 22.2. The molecule has 0 saturated carbocycles. The summed E-state index contributed by atoms with van der Waals surface area (Å²) in [7, 11) is 1.70. The molecule has 0 bridgehead atoms. The van der Waals surface area contributed by atoms with Crippen LogP contribution in [0.2, 0.25) is 0 Å². The second-order valence-electron chi connectivity index (χ2n) is 32.0. The van der Waals surface area contributed by atoms with E-state index in [1.807, 2.05) is 200 Å². The van der Waals surface area contributed by atoms with Gasteiger partial charge in [-0.2, -0.15) is 10.5 Å². The second-order valence-corrected chi connectivity index (χ2v) is 32.0. The Morgan fingerprint density at radius 1 is 0.324 bits per heavy atom. The van der Waals surface area contributed by atoms with Crippen molar-refractivity contribution in [1.29, 1.82) is 10.5 Å². The molecule has 2 N–H and O–H groups in total. The van der Waals surface area contributed by atoms with Crippen molar-refractivity contribution in [2.45, 2.75) is 74.3 Å². The zero-order valence-electron chi connectivity index (χ0n) is 72.9. The van der Waals surface area contributed by atoms with Crippen molar-refractivity contribution in [3.8, 4) is 90.6 Å². The lowest BCUT2D eigenvalue weighted by molar-refractivity contribution is 0.0696. The normalized spacial score (nSPS) is 10.7. The summed E-state index contributed by atoms with van der Waals surface area (Å²) in [4.78, 5) is 42.0. The number of rotatable bonds is 22. The van der Waals surface area contributed by atoms with Gasteiger partial charge in [-0.3, -0.25) is 0 Å². The first-order chi connectivity index (χ1) is 65.5. The first kappa shape index (κ1) is 92.8. The van der Waals surface area contributed by atoms with Crippen LogP contribution in [-0.4, -0.2) is 90.1 Å². The van der Waals surface area contributed by atoms with E-state index in [0.29, 0.717) is 22.6 Å². The number of aromatic carboxylic acids is 1. The lowest BCUT2D eigenvalue weighted by Crippen LogP contribution is -2.04. The topological polar surface area (TPSA) is 239 Å². The van der Waals surface area contributed by atoms with Gasteiger partial charge in [0.2, 0.25) is 0 Å². The standard InChI is InChI=1S/C24H17N5.C24H18N4O2.C22H17N3.C22H20N2O.C21H18N2O.3CH4/c25-14-21-10-9-20(13-24(21)28-12-11-26-16-28)19-7-5-18(6-8-19)15-29-17-27-22-3-1-2-4-23(22)29;29-24(30)20-10-9-19(13-23(20)27-12-11-25-15-27)18-7-5-17(6-8-18)14-28-16-26-21-3-1-2-4-22(21)28;23-15-18-4-3-5-20(14-18)19-10-8-17(9-11-19)12-13-25-16-24-21-6-1-2-7-22(21)25;1-25-20-6-4-5-19(15-20)18-11-9-17(10-12-18)13-14-24-16-23-21-7-2-3-8-22(21)24;24-19-5-3-4-18(14-19)17-10-8-16(9-11-17)12-13-23-15-22-20-6-1-2-7-21(20)23;;;/h1-13,16-17H,15H2;1-13,15-16H,14H2,(H,29,30);1-11,14,16H,12-13H2;2-12,15-16H,13-14H2,1H3;1-11,14-15,24H,12-13H2;3*1H4. The van der Waals surface area contributed by atoms with Gasteiger partial charge in [-0.1, -0.05) is 253 Å². The van der Waals surface area contributed by atoms with Crippen molar-refractivity contribution in [2.24, 2.45) is 0 Å². The van der Waals surface area contributed by atoms with E-state index in [2.05, 4.69) is 246 Å². The third-order valence-corrected chi connectivity index (χ3v) is 23.5. The first-order valence-corrected chi connectivity index (χ1v) is 43.7. The van der Waals surface area contributed by atoms with Gasteiger partial charge in [0.15, 0.2) is 0 Å². The zero-order valence-corrected chi connectivity index (χ0v) is 72.9. The van der Waals surface area contributed by atoms with Crippen molar-refractivity contribution in [3.63, 3.8) is 0 Å². The van der Waals surface area contributed by atoms with Crippen molar-refractivity contribution in [2.75, 3.05) is 7.11 Å². The molecule has 20 nitrogen and oxygen atoms in total. The summed E-state index contributed by atoms with van der Waals surface area (Å²) in [6.45, 7) is 4.25. The number of carboxylic acid groups (broad SMARTS) is 1. The molecule has 15 aromatic carbocycles. The fraction of sp³-hybridized carbons (Fsp3) is 0.103. The molecule has 7 aromatic heterocycles. The van der Waals surface area contributed by atoms with Crippen LogP contribution in [0, 0.1) is 22.7 Å². The van der Waals surface area contributed by atoms with Gasteiger partial charge in [-0.05, 0) is 224 Å². The molecule has 22 rings (SSSR count). The number of carboxylic acids is 1. The number of fused-ring (bicyclic) bond motifs is 5. The minimum Gasteiger partial charge on any atom is -0.508 e. The number of carbonyl (C=O) groups is 1. The van der Waals surface area contributed by atoms with Crippen molar-refractivity contribution in [1.82, 2.24) is 66.9 Å². The summed E-state index contributed by atoms with van der Waals surface area (Å²) in [6.07, 6.45) is 22.6. The van der Waals surface area contributed by atoms with Gasteiger partial charge in [-0.25, -0.2) is 39.7 Å². The molecule has 0 spiro atoms. The van der Waals surface area contributed by atoms with Gasteiger partial charge in [-0.15, -0.1) is 0 Å². The molecular weight excluding hydrogens is 1680 g/mol. The highest BCUT2D eigenvalue weighted by Gasteiger charge is 2.17. The lowest BCUT2D eigenvalue weighted by Gasteiger charge is -2.11. The molecule has 670 valence electrons. The van der Waals surface area contributed by atoms with E-state index >= 15 is 0 Å². The molecule has 0 aliphatic carbocycles. The Balaban J connectivity index is 0.000000129. The maximum atomic E-state index is 11.6. The van der Waals surface area contributed by atoms with Crippen LogP contribution in [0.5, 0.6) is 11.5 Å². The largest absolute Gasteiger partial charge is 0.508 e. The highest BCUT2D eigenvalue weighted by Crippen LogP contribution is 2.32. The van der Waals surface area contributed by atoms with Gasteiger partial charge in [0, 0.05) is 57.5 Å². The van der Waals surface area contributed by atoms with Gasteiger partial charge >= 0.3 is 5.97 Å². The van der Waals surface area contributed by atoms with Crippen LogP contribution >= 0.6 is 0 Å². The summed E-state index contributed by atoms with van der Waals surface area (Å²) < 4.78 is 19.8. The fourth-order valence-electron chi connectivity index (χ4n) is 16.4. The van der Waals surface area contributed by atoms with Crippen molar-refractivity contribution >= 4 is 61.1 Å². The van der Waals surface area contributed by atoms with Gasteiger partial charge in [0.05, 0.1) is 141 Å². The average molecular weight is 1780 g/mol. The predicted molar refractivity (Wildman–Crippen MR) is 546 cm³/mol.